The summed E-state index contributed by atoms with van der Waals surface area (Å²) in [6, 6.07) is 6.37. The molecule has 4 heteroatoms. The number of methoxy groups -OCH3 is 1. The second kappa shape index (κ2) is 7.48. The zero-order chi connectivity index (χ0) is 15.4. The molecule has 3 nitrogen and oxygen atoms in total. The predicted octanol–water partition coefficient (Wildman–Crippen LogP) is 3.91. The van der Waals surface area contributed by atoms with Crippen LogP contribution in [0.4, 0.5) is 0 Å². The van der Waals surface area contributed by atoms with Crippen LogP contribution in [0.1, 0.15) is 37.3 Å². The Kier molecular flexibility index (Phi) is 5.91. The van der Waals surface area contributed by atoms with Crippen LogP contribution in [0.15, 0.2) is 18.2 Å². The summed E-state index contributed by atoms with van der Waals surface area (Å²) in [5.74, 6) is 1.39. The SMILES string of the molecule is COCCOC1C(Cl)CC1Oc1cc(C)ccc1C(C)C. The average molecular weight is 313 g/mol. The van der Waals surface area contributed by atoms with Gasteiger partial charge in [-0.3, -0.25) is 0 Å². The number of halogens is 1. The van der Waals surface area contributed by atoms with Gasteiger partial charge in [0, 0.05) is 13.5 Å². The van der Waals surface area contributed by atoms with Crippen LogP contribution in [0.5, 0.6) is 5.75 Å². The van der Waals surface area contributed by atoms with Crippen molar-refractivity contribution < 1.29 is 14.2 Å². The van der Waals surface area contributed by atoms with Crippen molar-refractivity contribution in [3.8, 4) is 5.75 Å². The number of alkyl halides is 1. The molecule has 1 aromatic carbocycles. The van der Waals surface area contributed by atoms with Gasteiger partial charge in [0.2, 0.25) is 0 Å². The first-order valence-electron chi connectivity index (χ1n) is 7.54. The van der Waals surface area contributed by atoms with Gasteiger partial charge in [-0.1, -0.05) is 26.0 Å². The maximum Gasteiger partial charge on any atom is 0.128 e. The first-order valence-corrected chi connectivity index (χ1v) is 7.98. The third-order valence-electron chi connectivity index (χ3n) is 3.85. The highest BCUT2D eigenvalue weighted by molar-refractivity contribution is 6.21. The molecule has 1 aromatic rings. The Balaban J connectivity index is 2.02. The van der Waals surface area contributed by atoms with Crippen LogP contribution < -0.4 is 4.74 Å². The molecule has 0 amide bonds. The Bertz CT molecular complexity index is 461. The highest BCUT2D eigenvalue weighted by atomic mass is 35.5. The molecule has 1 aliphatic rings. The monoisotopic (exact) mass is 312 g/mol. The fourth-order valence-electron chi connectivity index (χ4n) is 2.51. The molecule has 118 valence electrons. The van der Waals surface area contributed by atoms with E-state index in [0.717, 1.165) is 12.2 Å². The number of rotatable bonds is 7. The summed E-state index contributed by atoms with van der Waals surface area (Å²) in [5, 5.41) is 0.0270. The molecule has 2 rings (SSSR count). The molecule has 0 saturated heterocycles. The number of hydrogen-bond acceptors (Lipinski definition) is 3. The minimum absolute atomic E-state index is 0.0270. The fraction of sp³-hybridized carbons (Fsp3) is 0.647. The third-order valence-corrected chi connectivity index (χ3v) is 4.27. The molecule has 0 N–H and O–H groups in total. The lowest BCUT2D eigenvalue weighted by Crippen LogP contribution is -2.53. The number of aryl methyl sites for hydroxylation is 1. The van der Waals surface area contributed by atoms with Gasteiger partial charge in [-0.25, -0.2) is 0 Å². The van der Waals surface area contributed by atoms with Gasteiger partial charge in [0.15, 0.2) is 0 Å². The molecule has 21 heavy (non-hydrogen) atoms. The summed E-state index contributed by atoms with van der Waals surface area (Å²) in [5.41, 5.74) is 2.43. The first-order chi connectivity index (χ1) is 10.0. The molecule has 0 aliphatic heterocycles. The number of benzene rings is 1. The van der Waals surface area contributed by atoms with Crippen LogP contribution in [0.25, 0.3) is 0 Å². The largest absolute Gasteiger partial charge is 0.487 e. The van der Waals surface area contributed by atoms with Gasteiger partial charge < -0.3 is 14.2 Å². The topological polar surface area (TPSA) is 27.7 Å². The zero-order valence-corrected chi connectivity index (χ0v) is 14.0. The lowest BCUT2D eigenvalue weighted by Gasteiger charge is -2.41. The quantitative estimate of drug-likeness (QED) is 0.564. The van der Waals surface area contributed by atoms with Gasteiger partial charge in [0.25, 0.3) is 0 Å². The molecule has 3 atom stereocenters. The predicted molar refractivity (Wildman–Crippen MR) is 85.6 cm³/mol. The molecule has 0 bridgehead atoms. The van der Waals surface area contributed by atoms with Crippen molar-refractivity contribution >= 4 is 11.6 Å². The Morgan fingerprint density at radius 3 is 2.67 bits per heavy atom. The van der Waals surface area contributed by atoms with Gasteiger partial charge in [-0.15, -0.1) is 11.6 Å². The highest BCUT2D eigenvalue weighted by Crippen LogP contribution is 2.36. The molecular weight excluding hydrogens is 288 g/mol. The van der Waals surface area contributed by atoms with Crippen LogP contribution in [0, 0.1) is 6.92 Å². The molecule has 0 spiro atoms. The van der Waals surface area contributed by atoms with E-state index in [1.165, 1.54) is 11.1 Å². The van der Waals surface area contributed by atoms with E-state index in [1.54, 1.807) is 7.11 Å². The second-order valence-corrected chi connectivity index (χ2v) is 6.49. The normalized spacial score (nSPS) is 25.0. The van der Waals surface area contributed by atoms with E-state index >= 15 is 0 Å². The Morgan fingerprint density at radius 2 is 2.05 bits per heavy atom. The van der Waals surface area contributed by atoms with Crippen LogP contribution in [0.3, 0.4) is 0 Å². The summed E-state index contributed by atoms with van der Waals surface area (Å²) in [7, 11) is 1.66. The summed E-state index contributed by atoms with van der Waals surface area (Å²) >= 11 is 6.24. The summed E-state index contributed by atoms with van der Waals surface area (Å²) in [4.78, 5) is 0. The molecule has 0 aromatic heterocycles. The molecule has 1 saturated carbocycles. The fourth-order valence-corrected chi connectivity index (χ4v) is 2.92. The van der Waals surface area contributed by atoms with Gasteiger partial charge in [0.05, 0.1) is 18.6 Å². The maximum atomic E-state index is 6.24. The number of hydrogen-bond donors (Lipinski definition) is 0. The van der Waals surface area contributed by atoms with E-state index in [4.69, 9.17) is 25.8 Å². The van der Waals surface area contributed by atoms with E-state index in [2.05, 4.69) is 39.0 Å². The molecule has 0 radical (unpaired) electrons. The van der Waals surface area contributed by atoms with Crippen molar-refractivity contribution in [1.82, 2.24) is 0 Å². The minimum Gasteiger partial charge on any atom is -0.487 e. The van der Waals surface area contributed by atoms with Crippen LogP contribution in [0.2, 0.25) is 0 Å². The number of ether oxygens (including phenoxy) is 3. The third kappa shape index (κ3) is 4.12. The summed E-state index contributed by atoms with van der Waals surface area (Å²) < 4.78 is 17.0. The van der Waals surface area contributed by atoms with E-state index < -0.39 is 0 Å². The second-order valence-electron chi connectivity index (χ2n) is 5.93. The van der Waals surface area contributed by atoms with E-state index in [0.29, 0.717) is 19.1 Å². The lowest BCUT2D eigenvalue weighted by molar-refractivity contribution is -0.0901. The van der Waals surface area contributed by atoms with Crippen molar-refractivity contribution in [3.63, 3.8) is 0 Å². The summed E-state index contributed by atoms with van der Waals surface area (Å²) in [6.07, 6.45) is 0.802. The first kappa shape index (κ1) is 16.6. The van der Waals surface area contributed by atoms with Crippen molar-refractivity contribution in [3.05, 3.63) is 29.3 Å². The molecular formula is C17H25ClO3. The van der Waals surface area contributed by atoms with E-state index in [9.17, 15) is 0 Å². The Hall–Kier alpha value is -0.770. The van der Waals surface area contributed by atoms with Crippen LogP contribution in [-0.4, -0.2) is 37.9 Å². The van der Waals surface area contributed by atoms with Gasteiger partial charge in [0.1, 0.15) is 18.0 Å². The molecule has 1 aliphatic carbocycles. The van der Waals surface area contributed by atoms with Gasteiger partial charge in [-0.2, -0.15) is 0 Å². The van der Waals surface area contributed by atoms with Crippen LogP contribution >= 0.6 is 11.6 Å². The van der Waals surface area contributed by atoms with Gasteiger partial charge >= 0.3 is 0 Å². The van der Waals surface area contributed by atoms with Crippen molar-refractivity contribution in [2.24, 2.45) is 0 Å². The van der Waals surface area contributed by atoms with Gasteiger partial charge in [-0.05, 0) is 30.0 Å². The molecule has 1 fully saturated rings. The lowest BCUT2D eigenvalue weighted by atomic mass is 9.90. The zero-order valence-electron chi connectivity index (χ0n) is 13.3. The Morgan fingerprint density at radius 1 is 1.29 bits per heavy atom. The van der Waals surface area contributed by atoms with E-state index in [1.807, 2.05) is 0 Å². The minimum atomic E-state index is -0.0534. The molecule has 3 unspecified atom stereocenters. The maximum absolute atomic E-state index is 6.24. The van der Waals surface area contributed by atoms with E-state index in [-0.39, 0.29) is 17.6 Å². The Labute approximate surface area is 132 Å². The van der Waals surface area contributed by atoms with Crippen molar-refractivity contribution in [1.29, 1.82) is 0 Å². The highest BCUT2D eigenvalue weighted by Gasteiger charge is 2.43. The summed E-state index contributed by atoms with van der Waals surface area (Å²) in [6.45, 7) is 7.56. The van der Waals surface area contributed by atoms with Crippen molar-refractivity contribution in [2.75, 3.05) is 20.3 Å². The smallest absolute Gasteiger partial charge is 0.128 e. The average Bonchev–Trinajstić information content (AvgIpc) is 2.43. The standard InChI is InChI=1S/C17H25ClO3/c1-11(2)13-6-5-12(3)9-15(13)21-16-10-14(18)17(16)20-8-7-19-4/h5-6,9,11,14,16-17H,7-8,10H2,1-4H3. The van der Waals surface area contributed by atoms with Crippen molar-refractivity contribution in [2.45, 2.75) is 50.7 Å². The molecule has 0 heterocycles. The van der Waals surface area contributed by atoms with Crippen LogP contribution in [-0.2, 0) is 9.47 Å².